The zero-order chi connectivity index (χ0) is 27.2. The van der Waals surface area contributed by atoms with Crippen molar-refractivity contribution in [3.05, 3.63) is 95.3 Å². The number of nitrogens with one attached hydrogen (secondary N) is 1. The molecule has 3 aromatic heterocycles. The molecule has 0 radical (unpaired) electrons. The molecule has 1 fully saturated rings. The molecule has 1 unspecified atom stereocenters. The second-order valence-corrected chi connectivity index (χ2v) is 11.1. The van der Waals surface area contributed by atoms with Gasteiger partial charge in [0.2, 0.25) is 0 Å². The number of benzene rings is 2. The predicted octanol–water partition coefficient (Wildman–Crippen LogP) is 4.68. The highest BCUT2D eigenvalue weighted by molar-refractivity contribution is 6.31. The van der Waals surface area contributed by atoms with Gasteiger partial charge in [-0.2, -0.15) is 5.10 Å². The normalized spacial score (nSPS) is 15.8. The Kier molecular flexibility index (Phi) is 6.15. The molecule has 10 heteroatoms. The lowest BCUT2D eigenvalue weighted by molar-refractivity contribution is -0.659. The van der Waals surface area contributed by atoms with Crippen LogP contribution in [0.15, 0.2) is 73.4 Å². The minimum absolute atomic E-state index is 0.0353. The van der Waals surface area contributed by atoms with Gasteiger partial charge in [-0.1, -0.05) is 47.9 Å². The Morgan fingerprint density at radius 3 is 2.70 bits per heavy atom. The van der Waals surface area contributed by atoms with Crippen molar-refractivity contribution >= 4 is 17.5 Å². The van der Waals surface area contributed by atoms with Gasteiger partial charge in [0.25, 0.3) is 12.2 Å². The molecular formula is C30H28ClN8O+. The summed E-state index contributed by atoms with van der Waals surface area (Å²) in [6, 6.07) is 16.0. The number of aromatic amines is 1. The third-order valence-corrected chi connectivity index (χ3v) is 8.18. The predicted molar refractivity (Wildman–Crippen MR) is 150 cm³/mol. The second kappa shape index (κ2) is 9.98. The molecule has 0 bridgehead atoms. The Morgan fingerprint density at radius 2 is 1.93 bits per heavy atom. The Hall–Kier alpha value is -4.37. The van der Waals surface area contributed by atoms with Gasteiger partial charge in [0.05, 0.1) is 17.9 Å². The van der Waals surface area contributed by atoms with Crippen molar-refractivity contribution in [1.29, 1.82) is 0 Å². The van der Waals surface area contributed by atoms with E-state index in [4.69, 9.17) is 21.7 Å². The van der Waals surface area contributed by atoms with E-state index in [9.17, 15) is 4.79 Å². The van der Waals surface area contributed by atoms with Gasteiger partial charge in [-0.3, -0.25) is 14.5 Å². The number of halogens is 1. The Balaban J connectivity index is 1.19. The van der Waals surface area contributed by atoms with Gasteiger partial charge in [-0.05, 0) is 60.2 Å². The third-order valence-electron chi connectivity index (χ3n) is 7.94. The molecule has 200 valence electrons. The van der Waals surface area contributed by atoms with E-state index >= 15 is 0 Å². The summed E-state index contributed by atoms with van der Waals surface area (Å²) >= 11 is 6.36. The van der Waals surface area contributed by atoms with Gasteiger partial charge < -0.3 is 4.90 Å². The molecule has 0 spiro atoms. The second-order valence-electron chi connectivity index (χ2n) is 10.7. The van der Waals surface area contributed by atoms with Gasteiger partial charge >= 0.3 is 0 Å². The first-order chi connectivity index (χ1) is 19.5. The summed E-state index contributed by atoms with van der Waals surface area (Å²) in [7, 11) is 1.85. The van der Waals surface area contributed by atoms with Crippen LogP contribution < -0.4 is 4.68 Å². The lowest BCUT2D eigenvalue weighted by Gasteiger charge is -2.25. The smallest absolute Gasteiger partial charge is 0.293 e. The molecule has 4 heterocycles. The van der Waals surface area contributed by atoms with Crippen LogP contribution in [0.3, 0.4) is 0 Å². The molecule has 1 atom stereocenters. The van der Waals surface area contributed by atoms with E-state index in [2.05, 4.69) is 39.9 Å². The van der Waals surface area contributed by atoms with Crippen LogP contribution in [-0.4, -0.2) is 54.7 Å². The number of likely N-dealkylation sites (N-methyl/N-ethyl adjacent to an activating group) is 1. The lowest BCUT2D eigenvalue weighted by Crippen LogP contribution is -2.34. The molecule has 9 nitrogen and oxygen atoms in total. The summed E-state index contributed by atoms with van der Waals surface area (Å²) in [5, 5.41) is 16.0. The number of aromatic nitrogens is 7. The van der Waals surface area contributed by atoms with Gasteiger partial charge in [0.1, 0.15) is 10.8 Å². The summed E-state index contributed by atoms with van der Waals surface area (Å²) in [6.45, 7) is 0.744. The summed E-state index contributed by atoms with van der Waals surface area (Å²) in [6.07, 6.45) is 11.9. The SMILES string of the molecule is CN1CCc2cc(-c3cnn(C(CC4CC4)c4ccc(-c5cc(Cl)ccc5-[n+]5cnn[nH]5)cn4)c3)ccc2C1=O. The molecule has 1 aliphatic heterocycles. The lowest BCUT2D eigenvalue weighted by atomic mass is 9.95. The summed E-state index contributed by atoms with van der Waals surface area (Å²) in [4.78, 5) is 19.2. The van der Waals surface area contributed by atoms with E-state index in [0.717, 1.165) is 64.1 Å². The molecule has 40 heavy (non-hydrogen) atoms. The molecule has 2 aliphatic rings. The molecule has 7 rings (SSSR count). The van der Waals surface area contributed by atoms with Crippen molar-refractivity contribution in [2.24, 2.45) is 5.92 Å². The van der Waals surface area contributed by atoms with Gasteiger partial charge in [0.15, 0.2) is 5.21 Å². The molecule has 1 aliphatic carbocycles. The fraction of sp³-hybridized carbons (Fsp3) is 0.267. The molecule has 1 N–H and O–H groups in total. The maximum atomic E-state index is 12.5. The molecule has 5 aromatic rings. The van der Waals surface area contributed by atoms with Crippen LogP contribution in [0.25, 0.3) is 27.9 Å². The van der Waals surface area contributed by atoms with Crippen molar-refractivity contribution in [3.63, 3.8) is 0 Å². The van der Waals surface area contributed by atoms with Crippen molar-refractivity contribution < 1.29 is 9.48 Å². The summed E-state index contributed by atoms with van der Waals surface area (Å²) < 4.78 is 3.79. The number of hydrogen-bond acceptors (Lipinski definition) is 5. The average molecular weight is 552 g/mol. The maximum Gasteiger partial charge on any atom is 0.293 e. The Labute approximate surface area is 236 Å². The van der Waals surface area contributed by atoms with E-state index in [1.165, 1.54) is 12.8 Å². The van der Waals surface area contributed by atoms with Crippen LogP contribution >= 0.6 is 11.6 Å². The molecule has 1 amide bonds. The number of tetrazole rings is 1. The first kappa shape index (κ1) is 24.7. The van der Waals surface area contributed by atoms with E-state index in [1.807, 2.05) is 54.5 Å². The third kappa shape index (κ3) is 4.66. The van der Waals surface area contributed by atoms with Crippen LogP contribution in [0.1, 0.15) is 46.9 Å². The zero-order valence-corrected chi connectivity index (χ0v) is 22.8. The average Bonchev–Trinajstić information content (AvgIpc) is 3.41. The molecule has 1 saturated carbocycles. The first-order valence-corrected chi connectivity index (χ1v) is 13.9. The van der Waals surface area contributed by atoms with Crippen molar-refractivity contribution in [2.45, 2.75) is 31.7 Å². The number of H-pyrrole nitrogens is 1. The number of carbonyl (C=O) groups excluding carboxylic acids is 1. The van der Waals surface area contributed by atoms with E-state index in [1.54, 1.807) is 15.9 Å². The number of amides is 1. The van der Waals surface area contributed by atoms with Gasteiger partial charge in [0, 0.05) is 53.3 Å². The van der Waals surface area contributed by atoms with Crippen molar-refractivity contribution in [1.82, 2.24) is 35.2 Å². The highest BCUT2D eigenvalue weighted by Crippen LogP contribution is 2.39. The minimum atomic E-state index is 0.0353. The summed E-state index contributed by atoms with van der Waals surface area (Å²) in [5.74, 6) is 0.780. The van der Waals surface area contributed by atoms with Crippen LogP contribution in [0.5, 0.6) is 0 Å². The number of rotatable bonds is 7. The largest absolute Gasteiger partial charge is 0.341 e. The number of nitrogens with zero attached hydrogens (tertiary/aromatic N) is 7. The summed E-state index contributed by atoms with van der Waals surface area (Å²) in [5.41, 5.74) is 7.76. The minimum Gasteiger partial charge on any atom is -0.341 e. The quantitative estimate of drug-likeness (QED) is 0.296. The molecule has 0 saturated heterocycles. The number of hydrogen-bond donors (Lipinski definition) is 1. The van der Waals surface area contributed by atoms with Gasteiger partial charge in [-0.15, -0.1) is 4.68 Å². The fourth-order valence-electron chi connectivity index (χ4n) is 5.48. The molecular weight excluding hydrogens is 524 g/mol. The van der Waals surface area contributed by atoms with Crippen LogP contribution in [0.2, 0.25) is 5.02 Å². The van der Waals surface area contributed by atoms with E-state index < -0.39 is 0 Å². The van der Waals surface area contributed by atoms with Gasteiger partial charge in [-0.25, -0.2) is 0 Å². The van der Waals surface area contributed by atoms with Crippen molar-refractivity contribution in [2.75, 3.05) is 13.6 Å². The number of fused-ring (bicyclic) bond motifs is 1. The fourth-order valence-corrected chi connectivity index (χ4v) is 5.65. The van der Waals surface area contributed by atoms with Crippen LogP contribution in [-0.2, 0) is 6.42 Å². The highest BCUT2D eigenvalue weighted by Gasteiger charge is 2.29. The first-order valence-electron chi connectivity index (χ1n) is 13.5. The van der Waals surface area contributed by atoms with Crippen LogP contribution in [0.4, 0.5) is 0 Å². The zero-order valence-electron chi connectivity index (χ0n) is 22.0. The standard InChI is InChI=1S/C30H27ClN8O/c1-37-11-10-21-13-20(4-7-25(21)30(37)40)23-16-34-38(17-23)29(12-19-2-3-19)27-8-5-22(15-32-27)26-14-24(31)6-9-28(26)39-18-33-35-36-39/h4-9,13-19,29H,2-3,10-12H2,1H3/p+1. The molecule has 2 aromatic carbocycles. The maximum absolute atomic E-state index is 12.5. The van der Waals surface area contributed by atoms with Crippen molar-refractivity contribution in [3.8, 4) is 27.9 Å². The Morgan fingerprint density at radius 1 is 1.05 bits per heavy atom. The number of carbonyl (C=O) groups is 1. The topological polar surface area (TPSA) is 96.5 Å². The number of pyridine rings is 1. The monoisotopic (exact) mass is 551 g/mol. The van der Waals surface area contributed by atoms with E-state index in [-0.39, 0.29) is 11.9 Å². The van der Waals surface area contributed by atoms with Crippen LogP contribution in [0, 0.1) is 5.92 Å². The Bertz CT molecular complexity index is 1690. The van der Waals surface area contributed by atoms with E-state index in [0.29, 0.717) is 10.9 Å². The highest BCUT2D eigenvalue weighted by atomic mass is 35.5.